The second-order valence-corrected chi connectivity index (χ2v) is 10.3. The van der Waals surface area contributed by atoms with E-state index in [1.54, 1.807) is 18.5 Å². The first-order chi connectivity index (χ1) is 17.0. The SMILES string of the molecule is C[C@@H]1CCc2ncnc(N3CCN(C(=O)[C@H](CNC4CCOCC4)c4ccc(Cl)cc4F)CC3)c21. The van der Waals surface area contributed by atoms with Gasteiger partial charge in [-0.15, -0.1) is 0 Å². The lowest BCUT2D eigenvalue weighted by Crippen LogP contribution is -2.52. The number of amides is 1. The summed E-state index contributed by atoms with van der Waals surface area (Å²) in [5.41, 5.74) is 2.80. The van der Waals surface area contributed by atoms with Gasteiger partial charge in [0, 0.05) is 73.8 Å². The normalized spacial score (nSPS) is 21.7. The lowest BCUT2D eigenvalue weighted by atomic mass is 9.95. The molecule has 1 N–H and O–H groups in total. The zero-order chi connectivity index (χ0) is 24.4. The number of hydrogen-bond acceptors (Lipinski definition) is 6. The highest BCUT2D eigenvalue weighted by molar-refractivity contribution is 6.30. The summed E-state index contributed by atoms with van der Waals surface area (Å²) < 4.78 is 20.4. The molecule has 1 aromatic carbocycles. The van der Waals surface area contributed by atoms with E-state index in [0.717, 1.165) is 37.2 Å². The van der Waals surface area contributed by atoms with Gasteiger partial charge in [-0.2, -0.15) is 0 Å². The highest BCUT2D eigenvalue weighted by Gasteiger charge is 2.33. The molecule has 2 saturated heterocycles. The van der Waals surface area contributed by atoms with E-state index in [0.29, 0.717) is 62.4 Å². The fraction of sp³-hybridized carbons (Fsp3) is 0.577. The quantitative estimate of drug-likeness (QED) is 0.653. The zero-order valence-electron chi connectivity index (χ0n) is 20.2. The predicted molar refractivity (Wildman–Crippen MR) is 134 cm³/mol. The third kappa shape index (κ3) is 5.29. The fourth-order valence-electron chi connectivity index (χ4n) is 5.53. The Bertz CT molecular complexity index is 1060. The molecule has 0 radical (unpaired) electrons. The van der Waals surface area contributed by atoms with Crippen molar-refractivity contribution in [2.75, 3.05) is 50.8 Å². The molecule has 5 rings (SSSR count). The number of aryl methyl sites for hydroxylation is 1. The number of anilines is 1. The summed E-state index contributed by atoms with van der Waals surface area (Å²) in [5, 5.41) is 3.82. The van der Waals surface area contributed by atoms with Gasteiger partial charge in [-0.3, -0.25) is 4.79 Å². The van der Waals surface area contributed by atoms with Crippen LogP contribution in [-0.2, 0) is 16.0 Å². The van der Waals surface area contributed by atoms with Gasteiger partial charge in [0.05, 0.1) is 5.92 Å². The van der Waals surface area contributed by atoms with E-state index in [9.17, 15) is 9.18 Å². The number of piperazine rings is 1. The average molecular weight is 502 g/mol. The van der Waals surface area contributed by atoms with E-state index in [2.05, 4.69) is 27.1 Å². The van der Waals surface area contributed by atoms with E-state index < -0.39 is 11.7 Å². The first-order valence-electron chi connectivity index (χ1n) is 12.6. The summed E-state index contributed by atoms with van der Waals surface area (Å²) in [4.78, 5) is 26.9. The van der Waals surface area contributed by atoms with Crippen molar-refractivity contribution in [3.05, 3.63) is 52.2 Å². The number of hydrogen-bond donors (Lipinski definition) is 1. The van der Waals surface area contributed by atoms with Gasteiger partial charge in [0.15, 0.2) is 0 Å². The van der Waals surface area contributed by atoms with Crippen LogP contribution in [0.2, 0.25) is 5.02 Å². The largest absolute Gasteiger partial charge is 0.381 e. The Morgan fingerprint density at radius 2 is 1.97 bits per heavy atom. The number of carbonyl (C=O) groups is 1. The number of aromatic nitrogens is 2. The molecule has 2 aromatic rings. The van der Waals surface area contributed by atoms with E-state index in [4.69, 9.17) is 16.3 Å². The minimum atomic E-state index is -0.606. The van der Waals surface area contributed by atoms with E-state index in [1.807, 2.05) is 4.90 Å². The van der Waals surface area contributed by atoms with Crippen molar-refractivity contribution in [1.29, 1.82) is 0 Å². The first kappa shape index (κ1) is 24.4. The zero-order valence-corrected chi connectivity index (χ0v) is 20.9. The number of fused-ring (bicyclic) bond motifs is 1. The van der Waals surface area contributed by atoms with Gasteiger partial charge >= 0.3 is 0 Å². The van der Waals surface area contributed by atoms with Crippen molar-refractivity contribution < 1.29 is 13.9 Å². The molecule has 0 bridgehead atoms. The maximum absolute atomic E-state index is 14.9. The maximum Gasteiger partial charge on any atom is 0.231 e. The van der Waals surface area contributed by atoms with Gasteiger partial charge < -0.3 is 19.9 Å². The Morgan fingerprint density at radius 3 is 2.71 bits per heavy atom. The molecule has 35 heavy (non-hydrogen) atoms. The van der Waals surface area contributed by atoms with E-state index in [1.165, 1.54) is 11.6 Å². The fourth-order valence-corrected chi connectivity index (χ4v) is 5.69. The van der Waals surface area contributed by atoms with Crippen molar-refractivity contribution in [1.82, 2.24) is 20.2 Å². The number of carbonyl (C=O) groups excluding carboxylic acids is 1. The topological polar surface area (TPSA) is 70.6 Å². The summed E-state index contributed by atoms with van der Waals surface area (Å²) in [6.45, 7) is 6.59. The maximum atomic E-state index is 14.9. The monoisotopic (exact) mass is 501 g/mol. The molecule has 1 aliphatic carbocycles. The summed E-state index contributed by atoms with van der Waals surface area (Å²) in [6.07, 6.45) is 5.55. The van der Waals surface area contributed by atoms with Crippen LogP contribution < -0.4 is 10.2 Å². The number of rotatable bonds is 6. The van der Waals surface area contributed by atoms with Crippen LogP contribution in [0, 0.1) is 5.82 Å². The van der Waals surface area contributed by atoms with Crippen LogP contribution in [0.4, 0.5) is 10.2 Å². The molecule has 0 saturated carbocycles. The minimum Gasteiger partial charge on any atom is -0.381 e. The van der Waals surface area contributed by atoms with Crippen molar-refractivity contribution in [3.63, 3.8) is 0 Å². The molecule has 1 aromatic heterocycles. The Balaban J connectivity index is 1.29. The third-order valence-corrected chi connectivity index (χ3v) is 7.85. The van der Waals surface area contributed by atoms with Crippen LogP contribution in [0.25, 0.3) is 0 Å². The van der Waals surface area contributed by atoms with Crippen molar-refractivity contribution in [3.8, 4) is 0 Å². The standard InChI is InChI=1S/C26H33ClFN5O2/c1-17-2-5-23-24(17)25(31-16-30-23)32-8-10-33(11-9-32)26(34)21(15-29-19-6-12-35-13-7-19)20-4-3-18(27)14-22(20)28/h3-4,14,16-17,19,21,29H,2,5-13,15H2,1H3/t17-,21-/m1/s1. The predicted octanol–water partition coefficient (Wildman–Crippen LogP) is 3.52. The number of ether oxygens (including phenoxy) is 1. The van der Waals surface area contributed by atoms with Crippen LogP contribution in [0.3, 0.4) is 0 Å². The first-order valence-corrected chi connectivity index (χ1v) is 13.0. The summed E-state index contributed by atoms with van der Waals surface area (Å²) in [5.74, 6) is 0.369. The van der Waals surface area contributed by atoms with Gasteiger partial charge in [-0.05, 0) is 43.7 Å². The molecule has 0 unspecified atom stereocenters. The van der Waals surface area contributed by atoms with Crippen molar-refractivity contribution in [2.24, 2.45) is 0 Å². The summed E-state index contributed by atoms with van der Waals surface area (Å²) in [7, 11) is 0. The Kier molecular flexibility index (Phi) is 7.51. The molecule has 1 amide bonds. The van der Waals surface area contributed by atoms with Crippen LogP contribution >= 0.6 is 11.6 Å². The van der Waals surface area contributed by atoms with Crippen LogP contribution in [0.15, 0.2) is 24.5 Å². The molecule has 2 aliphatic heterocycles. The Morgan fingerprint density at radius 1 is 1.20 bits per heavy atom. The summed E-state index contributed by atoms with van der Waals surface area (Å²) in [6, 6.07) is 4.87. The van der Waals surface area contributed by atoms with Crippen molar-refractivity contribution >= 4 is 23.3 Å². The molecule has 0 spiro atoms. The summed E-state index contributed by atoms with van der Waals surface area (Å²) >= 11 is 5.99. The highest BCUT2D eigenvalue weighted by atomic mass is 35.5. The molecular weight excluding hydrogens is 469 g/mol. The van der Waals surface area contributed by atoms with Crippen LogP contribution in [0.1, 0.15) is 54.8 Å². The minimum absolute atomic E-state index is 0.0493. The number of nitrogens with zero attached hydrogens (tertiary/aromatic N) is 4. The Labute approximate surface area is 211 Å². The molecule has 188 valence electrons. The third-order valence-electron chi connectivity index (χ3n) is 7.61. The number of halogens is 2. The van der Waals surface area contributed by atoms with Gasteiger partial charge in [0.2, 0.25) is 5.91 Å². The van der Waals surface area contributed by atoms with Crippen LogP contribution in [0.5, 0.6) is 0 Å². The van der Waals surface area contributed by atoms with E-state index in [-0.39, 0.29) is 11.9 Å². The lowest BCUT2D eigenvalue weighted by molar-refractivity contribution is -0.133. The number of nitrogens with one attached hydrogen (secondary N) is 1. The lowest BCUT2D eigenvalue weighted by Gasteiger charge is -2.38. The second kappa shape index (κ2) is 10.8. The number of benzene rings is 1. The molecular formula is C26H33ClFN5O2. The molecule has 2 fully saturated rings. The van der Waals surface area contributed by atoms with Crippen LogP contribution in [-0.4, -0.2) is 72.8 Å². The molecule has 7 nitrogen and oxygen atoms in total. The van der Waals surface area contributed by atoms with Gasteiger partial charge in [-0.25, -0.2) is 14.4 Å². The average Bonchev–Trinajstić information content (AvgIpc) is 3.27. The second-order valence-electron chi connectivity index (χ2n) is 9.82. The van der Waals surface area contributed by atoms with Crippen molar-refractivity contribution in [2.45, 2.75) is 50.5 Å². The molecule has 3 heterocycles. The molecule has 3 aliphatic rings. The molecule has 9 heteroatoms. The smallest absolute Gasteiger partial charge is 0.231 e. The van der Waals surface area contributed by atoms with Gasteiger partial charge in [0.25, 0.3) is 0 Å². The molecule has 2 atom stereocenters. The van der Waals surface area contributed by atoms with Gasteiger partial charge in [0.1, 0.15) is 18.0 Å². The van der Waals surface area contributed by atoms with Gasteiger partial charge in [-0.1, -0.05) is 24.6 Å². The highest BCUT2D eigenvalue weighted by Crippen LogP contribution is 2.37. The van der Waals surface area contributed by atoms with E-state index >= 15 is 0 Å². The Hall–Kier alpha value is -2.29.